The minimum Gasteiger partial charge on any atom is -0.381 e. The highest BCUT2D eigenvalue weighted by Gasteiger charge is 2.17. The van der Waals surface area contributed by atoms with Crippen molar-refractivity contribution in [3.8, 4) is 0 Å². The molecule has 0 bridgehead atoms. The number of nitrogens with one attached hydrogen (secondary N) is 1. The van der Waals surface area contributed by atoms with Gasteiger partial charge in [0.25, 0.3) is 0 Å². The minimum atomic E-state index is 0.227. The van der Waals surface area contributed by atoms with E-state index in [9.17, 15) is 4.79 Å². The van der Waals surface area contributed by atoms with E-state index in [0.717, 1.165) is 39.0 Å². The third-order valence-electron chi connectivity index (χ3n) is 3.38. The molecule has 0 saturated heterocycles. The number of unbranched alkanes of at least 4 members (excludes halogenated alkanes) is 1. The molecule has 1 aliphatic carbocycles. The Balaban J connectivity index is 1.86. The molecule has 1 fully saturated rings. The number of rotatable bonds is 9. The van der Waals surface area contributed by atoms with E-state index < -0.39 is 0 Å². The second kappa shape index (κ2) is 9.46. The van der Waals surface area contributed by atoms with Crippen LogP contribution in [-0.2, 0) is 9.53 Å². The van der Waals surface area contributed by atoms with Gasteiger partial charge in [0.05, 0.1) is 0 Å². The summed E-state index contributed by atoms with van der Waals surface area (Å²) in [5, 5.41) is 2.98. The predicted octanol–water partition coefficient (Wildman–Crippen LogP) is 2.89. The van der Waals surface area contributed by atoms with Crippen molar-refractivity contribution in [2.45, 2.75) is 58.3 Å². The number of hydrogen-bond acceptors (Lipinski definition) is 2. The molecule has 0 aromatic rings. The standard InChI is InChI=1S/C14H27NO2/c1-2-3-10-17-11-6-9-15-14(16)12-13-7-4-5-8-13/h13H,2-12H2,1H3,(H,15,16). The lowest BCUT2D eigenvalue weighted by atomic mass is 10.0. The lowest BCUT2D eigenvalue weighted by molar-refractivity contribution is -0.122. The first-order chi connectivity index (χ1) is 8.33. The molecule has 0 aromatic heterocycles. The molecule has 100 valence electrons. The smallest absolute Gasteiger partial charge is 0.220 e. The van der Waals surface area contributed by atoms with Crippen molar-refractivity contribution in [1.29, 1.82) is 0 Å². The van der Waals surface area contributed by atoms with E-state index in [2.05, 4.69) is 12.2 Å². The van der Waals surface area contributed by atoms with Gasteiger partial charge in [0.2, 0.25) is 5.91 Å². The fourth-order valence-electron chi connectivity index (χ4n) is 2.30. The highest BCUT2D eigenvalue weighted by atomic mass is 16.5. The molecule has 0 atom stereocenters. The van der Waals surface area contributed by atoms with Gasteiger partial charge in [0, 0.05) is 26.2 Å². The van der Waals surface area contributed by atoms with E-state index in [-0.39, 0.29) is 5.91 Å². The van der Waals surface area contributed by atoms with Crippen molar-refractivity contribution in [3.05, 3.63) is 0 Å². The largest absolute Gasteiger partial charge is 0.381 e. The van der Waals surface area contributed by atoms with Crippen LogP contribution in [0.15, 0.2) is 0 Å². The van der Waals surface area contributed by atoms with Crippen LogP contribution in [0.3, 0.4) is 0 Å². The number of carbonyl (C=O) groups excluding carboxylic acids is 1. The summed E-state index contributed by atoms with van der Waals surface area (Å²) in [6.07, 6.45) is 9.08. The van der Waals surface area contributed by atoms with Crippen molar-refractivity contribution in [3.63, 3.8) is 0 Å². The molecule has 1 N–H and O–H groups in total. The molecular weight excluding hydrogens is 214 g/mol. The van der Waals surface area contributed by atoms with Crippen LogP contribution >= 0.6 is 0 Å². The Morgan fingerprint density at radius 1 is 1.24 bits per heavy atom. The molecule has 0 radical (unpaired) electrons. The van der Waals surface area contributed by atoms with Crippen LogP contribution in [0.2, 0.25) is 0 Å². The average Bonchev–Trinajstić information content (AvgIpc) is 2.80. The van der Waals surface area contributed by atoms with E-state index >= 15 is 0 Å². The summed E-state index contributed by atoms with van der Waals surface area (Å²) in [4.78, 5) is 11.6. The van der Waals surface area contributed by atoms with E-state index in [1.165, 1.54) is 32.1 Å². The predicted molar refractivity (Wildman–Crippen MR) is 69.9 cm³/mol. The highest BCUT2D eigenvalue weighted by molar-refractivity contribution is 5.76. The van der Waals surface area contributed by atoms with Crippen LogP contribution in [-0.4, -0.2) is 25.7 Å². The molecule has 3 nitrogen and oxygen atoms in total. The third-order valence-corrected chi connectivity index (χ3v) is 3.38. The van der Waals surface area contributed by atoms with Gasteiger partial charge in [0.1, 0.15) is 0 Å². The van der Waals surface area contributed by atoms with Crippen LogP contribution in [0, 0.1) is 5.92 Å². The summed E-state index contributed by atoms with van der Waals surface area (Å²) in [6.45, 7) is 4.54. The first-order valence-corrected chi connectivity index (χ1v) is 7.17. The molecule has 0 spiro atoms. The third kappa shape index (κ3) is 7.37. The first kappa shape index (κ1) is 14.5. The van der Waals surface area contributed by atoms with Gasteiger partial charge in [-0.05, 0) is 31.6 Å². The van der Waals surface area contributed by atoms with Gasteiger partial charge in [-0.15, -0.1) is 0 Å². The second-order valence-corrected chi connectivity index (χ2v) is 5.02. The molecule has 1 rings (SSSR count). The molecule has 1 aliphatic rings. The summed E-state index contributed by atoms with van der Waals surface area (Å²) in [7, 11) is 0. The number of carbonyl (C=O) groups is 1. The summed E-state index contributed by atoms with van der Waals surface area (Å²) < 4.78 is 5.44. The lowest BCUT2D eigenvalue weighted by Gasteiger charge is -2.09. The van der Waals surface area contributed by atoms with Crippen LogP contribution in [0.4, 0.5) is 0 Å². The Labute approximate surface area is 105 Å². The Bertz CT molecular complexity index is 200. The molecule has 1 amide bonds. The lowest BCUT2D eigenvalue weighted by Crippen LogP contribution is -2.26. The topological polar surface area (TPSA) is 38.3 Å². The zero-order chi connectivity index (χ0) is 12.3. The maximum Gasteiger partial charge on any atom is 0.220 e. The van der Waals surface area contributed by atoms with Gasteiger partial charge in [-0.2, -0.15) is 0 Å². The molecule has 17 heavy (non-hydrogen) atoms. The number of amides is 1. The molecule has 0 aliphatic heterocycles. The fraction of sp³-hybridized carbons (Fsp3) is 0.929. The maximum atomic E-state index is 11.6. The first-order valence-electron chi connectivity index (χ1n) is 7.17. The summed E-state index contributed by atoms with van der Waals surface area (Å²) in [5.41, 5.74) is 0. The fourth-order valence-corrected chi connectivity index (χ4v) is 2.30. The summed E-state index contributed by atoms with van der Waals surface area (Å²) in [5.74, 6) is 0.876. The molecule has 0 aromatic carbocycles. The van der Waals surface area contributed by atoms with Gasteiger partial charge in [-0.3, -0.25) is 4.79 Å². The molecule has 0 heterocycles. The molecule has 3 heteroatoms. The Hall–Kier alpha value is -0.570. The quantitative estimate of drug-likeness (QED) is 0.630. The number of hydrogen-bond donors (Lipinski definition) is 1. The van der Waals surface area contributed by atoms with Gasteiger partial charge in [-0.25, -0.2) is 0 Å². The van der Waals surface area contributed by atoms with Gasteiger partial charge >= 0.3 is 0 Å². The Kier molecular flexibility index (Phi) is 8.06. The normalized spacial score (nSPS) is 16.3. The van der Waals surface area contributed by atoms with E-state index in [0.29, 0.717) is 5.92 Å². The van der Waals surface area contributed by atoms with E-state index in [1.807, 2.05) is 0 Å². The van der Waals surface area contributed by atoms with E-state index in [1.54, 1.807) is 0 Å². The van der Waals surface area contributed by atoms with Crippen molar-refractivity contribution in [1.82, 2.24) is 5.32 Å². The van der Waals surface area contributed by atoms with Gasteiger partial charge in [0.15, 0.2) is 0 Å². The van der Waals surface area contributed by atoms with Gasteiger partial charge in [-0.1, -0.05) is 26.2 Å². The number of ether oxygens (including phenoxy) is 1. The second-order valence-electron chi connectivity index (χ2n) is 5.02. The Morgan fingerprint density at radius 3 is 2.65 bits per heavy atom. The van der Waals surface area contributed by atoms with Crippen LogP contribution in [0.25, 0.3) is 0 Å². The van der Waals surface area contributed by atoms with E-state index in [4.69, 9.17) is 4.74 Å². The molecule has 0 unspecified atom stereocenters. The van der Waals surface area contributed by atoms with Crippen molar-refractivity contribution in [2.75, 3.05) is 19.8 Å². The molecule has 1 saturated carbocycles. The monoisotopic (exact) mass is 241 g/mol. The zero-order valence-corrected chi connectivity index (χ0v) is 11.2. The van der Waals surface area contributed by atoms with Gasteiger partial charge < -0.3 is 10.1 Å². The van der Waals surface area contributed by atoms with Crippen LogP contribution in [0.5, 0.6) is 0 Å². The van der Waals surface area contributed by atoms with Crippen molar-refractivity contribution in [2.24, 2.45) is 5.92 Å². The highest BCUT2D eigenvalue weighted by Crippen LogP contribution is 2.27. The van der Waals surface area contributed by atoms with Crippen molar-refractivity contribution < 1.29 is 9.53 Å². The van der Waals surface area contributed by atoms with Crippen LogP contribution < -0.4 is 5.32 Å². The summed E-state index contributed by atoms with van der Waals surface area (Å²) in [6, 6.07) is 0. The van der Waals surface area contributed by atoms with Crippen LogP contribution in [0.1, 0.15) is 58.3 Å². The minimum absolute atomic E-state index is 0.227. The maximum absolute atomic E-state index is 11.6. The van der Waals surface area contributed by atoms with Crippen molar-refractivity contribution >= 4 is 5.91 Å². The summed E-state index contributed by atoms with van der Waals surface area (Å²) >= 11 is 0. The SMILES string of the molecule is CCCCOCCCNC(=O)CC1CCCC1. The Morgan fingerprint density at radius 2 is 1.94 bits per heavy atom. The molecular formula is C14H27NO2. The zero-order valence-electron chi connectivity index (χ0n) is 11.2. The average molecular weight is 241 g/mol.